The van der Waals surface area contributed by atoms with Crippen LogP contribution in [0.4, 0.5) is 4.39 Å². The van der Waals surface area contributed by atoms with E-state index in [-0.39, 0.29) is 18.2 Å². The monoisotopic (exact) mass is 300 g/mol. The summed E-state index contributed by atoms with van der Waals surface area (Å²) in [4.78, 5) is 2.39. The van der Waals surface area contributed by atoms with E-state index in [0.717, 1.165) is 44.0 Å². The van der Waals surface area contributed by atoms with E-state index < -0.39 is 0 Å². The van der Waals surface area contributed by atoms with Gasteiger partial charge in [0, 0.05) is 25.2 Å². The number of nitrogens with one attached hydrogen (secondary N) is 1. The van der Waals surface area contributed by atoms with Crippen molar-refractivity contribution in [1.82, 2.24) is 10.2 Å². The molecule has 1 aromatic rings. The zero-order chi connectivity index (χ0) is 13.1. The van der Waals surface area contributed by atoms with E-state index in [1.807, 2.05) is 0 Å². The Labute approximate surface area is 125 Å². The minimum absolute atomic E-state index is 0. The molecule has 1 unspecified atom stereocenters. The van der Waals surface area contributed by atoms with Crippen LogP contribution in [0.5, 0.6) is 5.75 Å². The SMILES string of the molecule is Cl.Fc1ccc2c(c1)CN(CC1CCCNC1)CCO2. The molecule has 0 saturated carbocycles. The number of halogens is 2. The van der Waals surface area contributed by atoms with Crippen LogP contribution < -0.4 is 10.1 Å². The summed E-state index contributed by atoms with van der Waals surface area (Å²) in [5.74, 6) is 1.37. The normalized spacial score (nSPS) is 23.1. The molecule has 112 valence electrons. The van der Waals surface area contributed by atoms with Gasteiger partial charge in [-0.3, -0.25) is 4.90 Å². The highest BCUT2D eigenvalue weighted by molar-refractivity contribution is 5.85. The summed E-state index contributed by atoms with van der Waals surface area (Å²) in [6.07, 6.45) is 2.56. The second kappa shape index (κ2) is 7.25. The molecule has 2 heterocycles. The summed E-state index contributed by atoms with van der Waals surface area (Å²) >= 11 is 0. The van der Waals surface area contributed by atoms with E-state index in [1.165, 1.54) is 18.9 Å². The minimum atomic E-state index is -0.177. The molecule has 1 N–H and O–H groups in total. The third-order valence-electron chi connectivity index (χ3n) is 4.00. The van der Waals surface area contributed by atoms with E-state index >= 15 is 0 Å². The molecular formula is C15H22ClFN2O. The number of rotatable bonds is 2. The van der Waals surface area contributed by atoms with Crippen molar-refractivity contribution in [3.8, 4) is 5.75 Å². The van der Waals surface area contributed by atoms with Crippen molar-refractivity contribution < 1.29 is 9.13 Å². The van der Waals surface area contributed by atoms with Crippen LogP contribution in [0.3, 0.4) is 0 Å². The van der Waals surface area contributed by atoms with Crippen LogP contribution >= 0.6 is 12.4 Å². The lowest BCUT2D eigenvalue weighted by atomic mass is 9.99. The lowest BCUT2D eigenvalue weighted by Crippen LogP contribution is -2.38. The van der Waals surface area contributed by atoms with E-state index in [2.05, 4.69) is 10.2 Å². The zero-order valence-electron chi connectivity index (χ0n) is 11.6. The molecule has 3 nitrogen and oxygen atoms in total. The number of hydrogen-bond acceptors (Lipinski definition) is 3. The average molecular weight is 301 g/mol. The largest absolute Gasteiger partial charge is 0.492 e. The zero-order valence-corrected chi connectivity index (χ0v) is 12.4. The Morgan fingerprint density at radius 3 is 3.10 bits per heavy atom. The van der Waals surface area contributed by atoms with Gasteiger partial charge in [-0.15, -0.1) is 12.4 Å². The van der Waals surface area contributed by atoms with Gasteiger partial charge in [-0.05, 0) is 50.0 Å². The number of benzene rings is 1. The molecule has 1 fully saturated rings. The fourth-order valence-electron chi connectivity index (χ4n) is 3.02. The van der Waals surface area contributed by atoms with Crippen molar-refractivity contribution in [2.24, 2.45) is 5.92 Å². The Bertz CT molecular complexity index is 438. The third-order valence-corrected chi connectivity index (χ3v) is 4.00. The van der Waals surface area contributed by atoms with Crippen molar-refractivity contribution in [1.29, 1.82) is 0 Å². The van der Waals surface area contributed by atoms with Gasteiger partial charge in [0.25, 0.3) is 0 Å². The van der Waals surface area contributed by atoms with Crippen LogP contribution in [0.2, 0.25) is 0 Å². The van der Waals surface area contributed by atoms with Gasteiger partial charge in [0.05, 0.1) is 0 Å². The summed E-state index contributed by atoms with van der Waals surface area (Å²) < 4.78 is 19.0. The fourth-order valence-corrected chi connectivity index (χ4v) is 3.02. The molecule has 0 aliphatic carbocycles. The molecule has 0 spiro atoms. The lowest BCUT2D eigenvalue weighted by molar-refractivity contribution is 0.183. The highest BCUT2D eigenvalue weighted by atomic mass is 35.5. The van der Waals surface area contributed by atoms with Crippen LogP contribution in [-0.4, -0.2) is 37.7 Å². The quantitative estimate of drug-likeness (QED) is 0.908. The first-order valence-electron chi connectivity index (χ1n) is 7.15. The van der Waals surface area contributed by atoms with Gasteiger partial charge >= 0.3 is 0 Å². The maximum atomic E-state index is 13.3. The van der Waals surface area contributed by atoms with E-state index in [4.69, 9.17) is 4.74 Å². The fraction of sp³-hybridized carbons (Fsp3) is 0.600. The summed E-state index contributed by atoms with van der Waals surface area (Å²) in [6.45, 7) is 5.74. The van der Waals surface area contributed by atoms with E-state index in [1.54, 1.807) is 12.1 Å². The molecule has 0 bridgehead atoms. The van der Waals surface area contributed by atoms with Crippen molar-refractivity contribution in [3.05, 3.63) is 29.6 Å². The van der Waals surface area contributed by atoms with Crippen LogP contribution in [0, 0.1) is 11.7 Å². The Hall–Kier alpha value is -0.840. The third kappa shape index (κ3) is 3.84. The summed E-state index contributed by atoms with van der Waals surface area (Å²) in [5.41, 5.74) is 0.973. The Morgan fingerprint density at radius 1 is 1.40 bits per heavy atom. The van der Waals surface area contributed by atoms with Crippen LogP contribution in [0.1, 0.15) is 18.4 Å². The lowest BCUT2D eigenvalue weighted by Gasteiger charge is -2.28. The van der Waals surface area contributed by atoms with Gasteiger partial charge in [-0.1, -0.05) is 0 Å². The molecule has 2 aliphatic rings. The standard InChI is InChI=1S/C15H21FN2O.ClH/c16-14-3-4-15-13(8-14)11-18(6-7-19-15)10-12-2-1-5-17-9-12;/h3-4,8,12,17H,1-2,5-7,9-11H2;1H. The van der Waals surface area contributed by atoms with Crippen molar-refractivity contribution >= 4 is 12.4 Å². The molecule has 0 radical (unpaired) electrons. The topological polar surface area (TPSA) is 24.5 Å². The molecule has 2 aliphatic heterocycles. The Morgan fingerprint density at radius 2 is 2.30 bits per heavy atom. The van der Waals surface area contributed by atoms with Gasteiger partial charge < -0.3 is 10.1 Å². The number of ether oxygens (including phenoxy) is 1. The summed E-state index contributed by atoms with van der Waals surface area (Å²) in [6, 6.07) is 4.82. The number of piperidine rings is 1. The smallest absolute Gasteiger partial charge is 0.124 e. The molecule has 0 aromatic heterocycles. The molecule has 1 aromatic carbocycles. The number of nitrogens with zero attached hydrogens (tertiary/aromatic N) is 1. The Kier molecular flexibility index (Phi) is 5.64. The molecule has 20 heavy (non-hydrogen) atoms. The van der Waals surface area contributed by atoms with Gasteiger partial charge in [0.2, 0.25) is 0 Å². The van der Waals surface area contributed by atoms with Crippen molar-refractivity contribution in [3.63, 3.8) is 0 Å². The van der Waals surface area contributed by atoms with Crippen LogP contribution in [0.15, 0.2) is 18.2 Å². The van der Waals surface area contributed by atoms with E-state index in [9.17, 15) is 4.39 Å². The average Bonchev–Trinajstić information content (AvgIpc) is 2.61. The molecule has 1 atom stereocenters. The first kappa shape index (κ1) is 15.5. The van der Waals surface area contributed by atoms with Crippen LogP contribution in [0.25, 0.3) is 0 Å². The maximum Gasteiger partial charge on any atom is 0.124 e. The molecule has 5 heteroatoms. The molecular weight excluding hydrogens is 279 g/mol. The maximum absolute atomic E-state index is 13.3. The second-order valence-electron chi connectivity index (χ2n) is 5.55. The van der Waals surface area contributed by atoms with Gasteiger partial charge in [-0.25, -0.2) is 4.39 Å². The highest BCUT2D eigenvalue weighted by Gasteiger charge is 2.20. The molecule has 0 amide bonds. The minimum Gasteiger partial charge on any atom is -0.492 e. The van der Waals surface area contributed by atoms with Crippen molar-refractivity contribution in [2.75, 3.05) is 32.8 Å². The number of hydrogen-bond donors (Lipinski definition) is 1. The molecule has 3 rings (SSSR count). The summed E-state index contributed by atoms with van der Waals surface area (Å²) in [5, 5.41) is 3.45. The molecule has 1 saturated heterocycles. The van der Waals surface area contributed by atoms with Crippen molar-refractivity contribution in [2.45, 2.75) is 19.4 Å². The predicted molar refractivity (Wildman–Crippen MR) is 80.0 cm³/mol. The van der Waals surface area contributed by atoms with Crippen LogP contribution in [-0.2, 0) is 6.54 Å². The second-order valence-corrected chi connectivity index (χ2v) is 5.55. The first-order valence-corrected chi connectivity index (χ1v) is 7.15. The van der Waals surface area contributed by atoms with Gasteiger partial charge in [0.1, 0.15) is 18.2 Å². The predicted octanol–water partition coefficient (Wildman–Crippen LogP) is 2.44. The Balaban J connectivity index is 0.00000147. The number of fused-ring (bicyclic) bond motifs is 1. The first-order chi connectivity index (χ1) is 9.31. The van der Waals surface area contributed by atoms with Gasteiger partial charge in [0.15, 0.2) is 0 Å². The van der Waals surface area contributed by atoms with Gasteiger partial charge in [-0.2, -0.15) is 0 Å². The highest BCUT2D eigenvalue weighted by Crippen LogP contribution is 2.24. The summed E-state index contributed by atoms with van der Waals surface area (Å²) in [7, 11) is 0. The van der Waals surface area contributed by atoms with E-state index in [0.29, 0.717) is 12.5 Å².